The third-order valence-electron chi connectivity index (χ3n) is 9.67. The molecule has 3 aliphatic rings. The molecule has 48 heavy (non-hydrogen) atoms. The summed E-state index contributed by atoms with van der Waals surface area (Å²) in [6, 6.07) is 19.2. The van der Waals surface area contributed by atoms with Crippen molar-refractivity contribution in [3.63, 3.8) is 0 Å². The number of hydrogen-bond donors (Lipinski definition) is 2. The van der Waals surface area contributed by atoms with E-state index in [4.69, 9.17) is 9.47 Å². The van der Waals surface area contributed by atoms with Crippen LogP contribution in [-0.2, 0) is 26.7 Å². The maximum atomic E-state index is 14.1. The number of alkyl halides is 6. The minimum Gasteiger partial charge on any atom is -0.507 e. The van der Waals surface area contributed by atoms with Crippen LogP contribution in [0.4, 0.5) is 32.0 Å². The molecule has 2 heterocycles. The fourth-order valence-corrected chi connectivity index (χ4v) is 7.49. The molecule has 2 aliphatic heterocycles. The molecule has 2 saturated heterocycles. The van der Waals surface area contributed by atoms with Gasteiger partial charge in [-0.25, -0.2) is 0 Å². The van der Waals surface area contributed by atoms with Gasteiger partial charge in [-0.15, -0.1) is 0 Å². The first-order valence-electron chi connectivity index (χ1n) is 15.1. The van der Waals surface area contributed by atoms with E-state index in [-0.39, 0.29) is 31.3 Å². The summed E-state index contributed by atoms with van der Waals surface area (Å²) in [6.45, 7) is -0.174. The van der Waals surface area contributed by atoms with Crippen LogP contribution in [0.15, 0.2) is 84.9 Å². The maximum Gasteiger partial charge on any atom is 0.416 e. The normalized spacial score (nSPS) is 27.3. The maximum absolute atomic E-state index is 14.1. The number of ether oxygens (including phenoxy) is 2. The number of imide groups is 1. The van der Waals surface area contributed by atoms with Crippen LogP contribution in [0.25, 0.3) is 10.8 Å². The number of hydrogen-bond acceptors (Lipinski definition) is 6. The predicted octanol–water partition coefficient (Wildman–Crippen LogP) is 7.25. The van der Waals surface area contributed by atoms with Crippen molar-refractivity contribution in [1.29, 1.82) is 0 Å². The summed E-state index contributed by atoms with van der Waals surface area (Å²) < 4.78 is 94.6. The van der Waals surface area contributed by atoms with Crippen molar-refractivity contribution in [2.24, 2.45) is 23.7 Å². The fourth-order valence-electron chi connectivity index (χ4n) is 7.49. The number of phenolic OH excluding ortho intramolecular Hbond substituents is 1. The molecule has 1 aliphatic carbocycles. The SMILES string of the molecule is O=C1[C@H]2[C@H](C[C@H](COc3ccccc3)[C@@]3(O)O[C@H](c4ccc(O)c5ccccc45)C[C@@H]23)C(=O)N1c1cc(C(F)(F)F)cc(C(F)(F)F)c1. The van der Waals surface area contributed by atoms with E-state index in [9.17, 15) is 46.1 Å². The summed E-state index contributed by atoms with van der Waals surface area (Å²) >= 11 is 0. The molecular weight excluding hydrogens is 644 g/mol. The van der Waals surface area contributed by atoms with Crippen molar-refractivity contribution >= 4 is 28.3 Å². The lowest BCUT2D eigenvalue weighted by atomic mass is 9.64. The van der Waals surface area contributed by atoms with Gasteiger partial charge in [0, 0.05) is 17.2 Å². The van der Waals surface area contributed by atoms with Gasteiger partial charge >= 0.3 is 12.4 Å². The summed E-state index contributed by atoms with van der Waals surface area (Å²) in [4.78, 5) is 28.3. The minimum atomic E-state index is -5.20. The van der Waals surface area contributed by atoms with E-state index in [1.807, 2.05) is 0 Å². The van der Waals surface area contributed by atoms with Gasteiger partial charge in [0.15, 0.2) is 5.79 Å². The first-order valence-corrected chi connectivity index (χ1v) is 15.1. The molecule has 250 valence electrons. The Morgan fingerprint density at radius 2 is 1.44 bits per heavy atom. The van der Waals surface area contributed by atoms with E-state index in [0.717, 1.165) is 0 Å². The number of anilines is 1. The van der Waals surface area contributed by atoms with Crippen molar-refractivity contribution in [2.45, 2.75) is 37.1 Å². The average molecular weight is 672 g/mol. The molecule has 4 aromatic carbocycles. The standard InChI is InChI=1S/C35H27F6NO6/c36-34(37,38)18-12-19(35(39,40)41)14-21(13-18)42-31(44)26-15-20(17-47-22-6-2-1-3-7-22)33(46)27(30(26)32(42)45)16-29(48-33)25-10-11-28(43)24-9-5-4-8-23(24)25/h1-14,20,26-27,29-30,43,46H,15-17H2/t20-,26+,27+,29+,30+,33-/m1/s1. The Labute approximate surface area is 269 Å². The number of phenols is 1. The van der Waals surface area contributed by atoms with Gasteiger partial charge < -0.3 is 19.7 Å². The van der Waals surface area contributed by atoms with Crippen LogP contribution < -0.4 is 9.64 Å². The lowest BCUT2D eigenvalue weighted by Gasteiger charge is -2.44. The summed E-state index contributed by atoms with van der Waals surface area (Å²) in [5.41, 5.74) is -3.62. The largest absolute Gasteiger partial charge is 0.507 e. The second kappa shape index (κ2) is 11.2. The molecule has 0 radical (unpaired) electrons. The molecule has 2 amide bonds. The molecule has 0 spiro atoms. The topological polar surface area (TPSA) is 96.3 Å². The lowest BCUT2D eigenvalue weighted by molar-refractivity contribution is -0.272. The summed E-state index contributed by atoms with van der Waals surface area (Å²) in [5.74, 6) is -8.14. The van der Waals surface area contributed by atoms with E-state index >= 15 is 0 Å². The van der Waals surface area contributed by atoms with E-state index in [1.54, 1.807) is 60.7 Å². The molecule has 4 aromatic rings. The number of para-hydroxylation sites is 1. The Morgan fingerprint density at radius 1 is 0.812 bits per heavy atom. The summed E-state index contributed by atoms with van der Waals surface area (Å²) in [7, 11) is 0. The van der Waals surface area contributed by atoms with Crippen molar-refractivity contribution in [3.05, 3.63) is 102 Å². The highest BCUT2D eigenvalue weighted by molar-refractivity contribution is 6.22. The zero-order chi connectivity index (χ0) is 34.2. The monoisotopic (exact) mass is 671 g/mol. The number of aromatic hydroxyl groups is 1. The molecule has 0 aromatic heterocycles. The van der Waals surface area contributed by atoms with Crippen LogP contribution in [0.2, 0.25) is 0 Å². The zero-order valence-electron chi connectivity index (χ0n) is 24.8. The number of fused-ring (bicyclic) bond motifs is 4. The highest BCUT2D eigenvalue weighted by Gasteiger charge is 2.67. The zero-order valence-corrected chi connectivity index (χ0v) is 24.8. The quantitative estimate of drug-likeness (QED) is 0.171. The Bertz CT molecular complexity index is 1880. The van der Waals surface area contributed by atoms with Gasteiger partial charge in [0.2, 0.25) is 11.8 Å². The van der Waals surface area contributed by atoms with E-state index in [2.05, 4.69) is 0 Å². The number of rotatable bonds is 5. The molecule has 7 nitrogen and oxygen atoms in total. The van der Waals surface area contributed by atoms with Crippen LogP contribution >= 0.6 is 0 Å². The predicted molar refractivity (Wildman–Crippen MR) is 158 cm³/mol. The van der Waals surface area contributed by atoms with Crippen molar-refractivity contribution < 1.29 is 55.6 Å². The Balaban J connectivity index is 1.30. The number of aliphatic hydroxyl groups is 1. The Morgan fingerprint density at radius 3 is 2.08 bits per heavy atom. The number of carbonyl (C=O) groups excluding carboxylic acids is 2. The third-order valence-corrected chi connectivity index (χ3v) is 9.67. The van der Waals surface area contributed by atoms with Gasteiger partial charge in [-0.1, -0.05) is 48.5 Å². The molecule has 6 atom stereocenters. The number of halogens is 6. The van der Waals surface area contributed by atoms with E-state index in [1.165, 1.54) is 6.07 Å². The minimum absolute atomic E-state index is 0.00389. The van der Waals surface area contributed by atoms with E-state index in [0.29, 0.717) is 39.1 Å². The number of nitrogens with zero attached hydrogens (tertiary/aromatic N) is 1. The molecule has 1 saturated carbocycles. The highest BCUT2D eigenvalue weighted by Crippen LogP contribution is 2.59. The summed E-state index contributed by atoms with van der Waals surface area (Å²) in [6.07, 6.45) is -11.5. The number of carbonyl (C=O) groups is 2. The molecule has 0 unspecified atom stereocenters. The highest BCUT2D eigenvalue weighted by atomic mass is 19.4. The van der Waals surface area contributed by atoms with E-state index < -0.39 is 76.5 Å². The van der Waals surface area contributed by atoms with Crippen LogP contribution in [0.1, 0.15) is 35.6 Å². The van der Waals surface area contributed by atoms with Gasteiger partial charge in [0.25, 0.3) is 0 Å². The van der Waals surface area contributed by atoms with Gasteiger partial charge in [0.1, 0.15) is 11.5 Å². The van der Waals surface area contributed by atoms with Crippen LogP contribution in [0, 0.1) is 23.7 Å². The first-order chi connectivity index (χ1) is 22.7. The lowest BCUT2D eigenvalue weighted by Crippen LogP contribution is -2.55. The van der Waals surface area contributed by atoms with Crippen LogP contribution in [0.5, 0.6) is 11.5 Å². The molecular formula is C35H27F6NO6. The van der Waals surface area contributed by atoms with Crippen molar-refractivity contribution in [1.82, 2.24) is 0 Å². The second-order valence-electron chi connectivity index (χ2n) is 12.4. The fraction of sp³-hybridized carbons (Fsp3) is 0.314. The summed E-state index contributed by atoms with van der Waals surface area (Å²) in [5, 5.41) is 23.8. The molecule has 13 heteroatoms. The van der Waals surface area contributed by atoms with Crippen LogP contribution in [0.3, 0.4) is 0 Å². The van der Waals surface area contributed by atoms with Crippen molar-refractivity contribution in [2.75, 3.05) is 11.5 Å². The number of amides is 2. The van der Waals surface area contributed by atoms with Gasteiger partial charge in [-0.2, -0.15) is 26.3 Å². The molecule has 7 rings (SSSR count). The smallest absolute Gasteiger partial charge is 0.416 e. The Kier molecular flexibility index (Phi) is 7.48. The van der Waals surface area contributed by atoms with Gasteiger partial charge in [-0.3, -0.25) is 14.5 Å². The van der Waals surface area contributed by atoms with Gasteiger partial charge in [0.05, 0.1) is 41.4 Å². The van der Waals surface area contributed by atoms with Gasteiger partial charge in [-0.05, 0) is 60.2 Å². The number of benzene rings is 4. The molecule has 3 fully saturated rings. The van der Waals surface area contributed by atoms with Crippen molar-refractivity contribution in [3.8, 4) is 11.5 Å². The van der Waals surface area contributed by atoms with Crippen LogP contribution in [-0.4, -0.2) is 34.4 Å². The first kappa shape index (κ1) is 32.0. The average Bonchev–Trinajstić information content (AvgIpc) is 3.52. The Hall–Kier alpha value is -4.62. The molecule has 2 N–H and O–H groups in total. The molecule has 0 bridgehead atoms. The second-order valence-corrected chi connectivity index (χ2v) is 12.4. The third kappa shape index (κ3) is 5.25.